The summed E-state index contributed by atoms with van der Waals surface area (Å²) in [5.41, 5.74) is -4.62. The monoisotopic (exact) mass is 441 g/mol. The predicted octanol–water partition coefficient (Wildman–Crippen LogP) is 4.60. The summed E-state index contributed by atoms with van der Waals surface area (Å²) >= 11 is 0. The van der Waals surface area contributed by atoms with Crippen LogP contribution in [0.2, 0.25) is 0 Å². The molecule has 0 spiro atoms. The number of aliphatic hydroxyl groups excluding tert-OH is 1. The molecule has 0 heterocycles. The fraction of sp³-hybridized carbons (Fsp3) is 0.700. The van der Waals surface area contributed by atoms with E-state index in [-0.39, 0.29) is 12.1 Å². The molecule has 9 heteroatoms. The number of unbranched alkanes of at least 4 members (excludes halogenated alkanes) is 5. The lowest BCUT2D eigenvalue weighted by Crippen LogP contribution is -2.50. The number of rotatable bonds is 10. The van der Waals surface area contributed by atoms with Gasteiger partial charge in [-0.3, -0.25) is 0 Å². The van der Waals surface area contributed by atoms with Crippen molar-refractivity contribution >= 4 is 10.1 Å². The van der Waals surface area contributed by atoms with Crippen LogP contribution in [0.5, 0.6) is 0 Å². The molecule has 0 saturated carbocycles. The van der Waals surface area contributed by atoms with Gasteiger partial charge >= 0.3 is 5.51 Å². The Kier molecular flexibility index (Phi) is 12.0. The van der Waals surface area contributed by atoms with Crippen LogP contribution in [0.3, 0.4) is 0 Å². The van der Waals surface area contributed by atoms with Crippen molar-refractivity contribution < 1.29 is 35.7 Å². The Bertz CT molecular complexity index is 664. The summed E-state index contributed by atoms with van der Waals surface area (Å²) in [6.45, 7) is 5.55. The Hall–Kier alpha value is -1.16. The highest BCUT2D eigenvalue weighted by Gasteiger charge is 2.37. The maximum Gasteiger partial charge on any atom is 0.485 e. The van der Waals surface area contributed by atoms with Crippen molar-refractivity contribution in [1.82, 2.24) is 0 Å². The maximum absolute atomic E-state index is 10.7. The van der Waals surface area contributed by atoms with Crippen LogP contribution in [0.1, 0.15) is 64.0 Å². The zero-order chi connectivity index (χ0) is 22.7. The number of alkyl halides is 3. The Balaban J connectivity index is 0.000000828. The van der Waals surface area contributed by atoms with Gasteiger partial charge in [-0.15, -0.1) is 0 Å². The molecule has 0 aliphatic carbocycles. The van der Waals surface area contributed by atoms with E-state index in [9.17, 15) is 18.3 Å². The average molecular weight is 442 g/mol. The summed E-state index contributed by atoms with van der Waals surface area (Å²) in [4.78, 5) is 0. The summed E-state index contributed by atoms with van der Waals surface area (Å²) in [6, 6.07) is 10.2. The molecule has 170 valence electrons. The van der Waals surface area contributed by atoms with E-state index in [1.165, 1.54) is 38.5 Å². The number of quaternary nitrogens is 1. The van der Waals surface area contributed by atoms with Crippen molar-refractivity contribution in [3.8, 4) is 0 Å². The van der Waals surface area contributed by atoms with E-state index >= 15 is 0 Å². The van der Waals surface area contributed by atoms with E-state index < -0.39 is 15.6 Å². The number of benzene rings is 1. The molecular formula is C20H34F3NO4S. The van der Waals surface area contributed by atoms with Crippen LogP contribution in [0.15, 0.2) is 30.3 Å². The molecule has 0 aromatic heterocycles. The number of nitrogens with zero attached hydrogens (tertiary/aromatic N) is 1. The van der Waals surface area contributed by atoms with Crippen molar-refractivity contribution in [1.29, 1.82) is 0 Å². The molecule has 1 N–H and O–H groups in total. The molecule has 0 fully saturated rings. The second-order valence-corrected chi connectivity index (χ2v) is 9.14. The molecule has 2 atom stereocenters. The molecule has 1 aromatic carbocycles. The number of likely N-dealkylation sites (N-methyl/N-ethyl adjacent to an activating group) is 1. The molecule has 0 bridgehead atoms. The Morgan fingerprint density at radius 3 is 1.93 bits per heavy atom. The third-order valence-corrected chi connectivity index (χ3v) is 5.64. The molecule has 0 aliphatic rings. The van der Waals surface area contributed by atoms with Crippen LogP contribution in [0, 0.1) is 0 Å². The van der Waals surface area contributed by atoms with E-state index in [4.69, 9.17) is 13.0 Å². The third kappa shape index (κ3) is 11.0. The van der Waals surface area contributed by atoms with E-state index in [0.717, 1.165) is 16.6 Å². The zero-order valence-corrected chi connectivity index (χ0v) is 18.5. The van der Waals surface area contributed by atoms with Crippen LogP contribution in [-0.2, 0) is 10.1 Å². The minimum Gasteiger partial charge on any atom is -0.741 e. The van der Waals surface area contributed by atoms with Crippen molar-refractivity contribution in [3.05, 3.63) is 35.9 Å². The largest absolute Gasteiger partial charge is 0.741 e. The van der Waals surface area contributed by atoms with Gasteiger partial charge in [-0.2, -0.15) is 13.2 Å². The molecule has 1 rings (SSSR count). The first-order chi connectivity index (χ1) is 13.2. The first kappa shape index (κ1) is 27.8. The highest BCUT2D eigenvalue weighted by atomic mass is 32.2. The lowest BCUT2D eigenvalue weighted by Gasteiger charge is -2.38. The minimum absolute atomic E-state index is 0.211. The maximum atomic E-state index is 10.7. The lowest BCUT2D eigenvalue weighted by molar-refractivity contribution is -0.917. The van der Waals surface area contributed by atoms with Crippen molar-refractivity contribution in [2.24, 2.45) is 0 Å². The van der Waals surface area contributed by atoms with E-state index in [2.05, 4.69) is 27.9 Å². The number of aliphatic hydroxyl groups is 1. The molecule has 0 aliphatic heterocycles. The van der Waals surface area contributed by atoms with Crippen molar-refractivity contribution in [2.75, 3.05) is 20.6 Å². The average Bonchev–Trinajstić information content (AvgIpc) is 2.63. The standard InChI is InChI=1S/C19H34NO.CHF3O3S/c1-5-6-7-8-9-13-16-20(3,4)17(2)19(21)18-14-11-10-12-15-18;2-1(3,4)8(5,6)7/h10-12,14-15,17,19,21H,5-9,13,16H2,1-4H3;(H,5,6,7)/q+1;/p-1/t17-,19-;/m0./s1. The second-order valence-electron chi connectivity index (χ2n) is 7.77. The van der Waals surface area contributed by atoms with Gasteiger partial charge in [0.25, 0.3) is 0 Å². The molecule has 0 saturated heterocycles. The van der Waals surface area contributed by atoms with Gasteiger partial charge in [0.05, 0.1) is 20.6 Å². The summed E-state index contributed by atoms with van der Waals surface area (Å²) in [6.07, 6.45) is 7.57. The second kappa shape index (κ2) is 12.5. The highest BCUT2D eigenvalue weighted by Crippen LogP contribution is 2.24. The van der Waals surface area contributed by atoms with Gasteiger partial charge in [-0.1, -0.05) is 62.9 Å². The normalized spacial score (nSPS) is 14.7. The SMILES string of the molecule is CCCCCCCC[N+](C)(C)[C@@H](C)[C@H](O)c1ccccc1.O=S(=O)([O-])C(F)(F)F. The summed E-state index contributed by atoms with van der Waals surface area (Å²) < 4.78 is 59.8. The molecule has 0 unspecified atom stereocenters. The van der Waals surface area contributed by atoms with Gasteiger partial charge in [0.2, 0.25) is 0 Å². The summed E-state index contributed by atoms with van der Waals surface area (Å²) in [7, 11) is -1.61. The van der Waals surface area contributed by atoms with Gasteiger partial charge < -0.3 is 14.1 Å². The molecule has 5 nitrogen and oxygen atoms in total. The smallest absolute Gasteiger partial charge is 0.485 e. The van der Waals surface area contributed by atoms with E-state index in [0.29, 0.717) is 0 Å². The quantitative estimate of drug-likeness (QED) is 0.249. The highest BCUT2D eigenvalue weighted by molar-refractivity contribution is 7.86. The third-order valence-electron chi connectivity index (χ3n) is 5.07. The zero-order valence-electron chi connectivity index (χ0n) is 17.7. The van der Waals surface area contributed by atoms with Gasteiger partial charge in [-0.05, 0) is 25.3 Å². The first-order valence-corrected chi connectivity index (χ1v) is 11.2. The Morgan fingerprint density at radius 1 is 1.03 bits per heavy atom. The number of hydrogen-bond donors (Lipinski definition) is 1. The first-order valence-electron chi connectivity index (χ1n) is 9.82. The number of hydrogen-bond acceptors (Lipinski definition) is 4. The Morgan fingerprint density at radius 2 is 1.48 bits per heavy atom. The van der Waals surface area contributed by atoms with Crippen molar-refractivity contribution in [2.45, 2.75) is 70.0 Å². The van der Waals surface area contributed by atoms with Crippen LogP contribution in [0.4, 0.5) is 13.2 Å². The molecule has 1 aromatic rings. The minimum atomic E-state index is -6.09. The van der Waals surface area contributed by atoms with E-state index in [1.807, 2.05) is 30.3 Å². The van der Waals surface area contributed by atoms with E-state index in [1.54, 1.807) is 0 Å². The van der Waals surface area contributed by atoms with Crippen LogP contribution in [0.25, 0.3) is 0 Å². The predicted molar refractivity (Wildman–Crippen MR) is 107 cm³/mol. The van der Waals surface area contributed by atoms with Crippen LogP contribution in [-0.4, -0.2) is 54.8 Å². The molecular weight excluding hydrogens is 407 g/mol. The molecule has 0 radical (unpaired) electrons. The fourth-order valence-electron chi connectivity index (χ4n) is 2.81. The van der Waals surface area contributed by atoms with Gasteiger partial charge in [0, 0.05) is 0 Å². The van der Waals surface area contributed by atoms with Gasteiger partial charge in [0.1, 0.15) is 12.1 Å². The summed E-state index contributed by atoms with van der Waals surface area (Å²) in [5, 5.41) is 10.6. The molecule has 29 heavy (non-hydrogen) atoms. The number of halogens is 3. The lowest BCUT2D eigenvalue weighted by atomic mass is 10.0. The summed E-state index contributed by atoms with van der Waals surface area (Å²) in [5.74, 6) is 0. The van der Waals surface area contributed by atoms with Crippen molar-refractivity contribution in [3.63, 3.8) is 0 Å². The van der Waals surface area contributed by atoms with Gasteiger partial charge in [0.15, 0.2) is 10.1 Å². The van der Waals surface area contributed by atoms with Crippen LogP contribution >= 0.6 is 0 Å². The fourth-order valence-corrected chi connectivity index (χ4v) is 2.81. The van der Waals surface area contributed by atoms with Gasteiger partial charge in [-0.25, -0.2) is 8.42 Å². The Labute approximate surface area is 172 Å². The van der Waals surface area contributed by atoms with Crippen LogP contribution < -0.4 is 0 Å². The molecule has 0 amide bonds. The topological polar surface area (TPSA) is 77.4 Å².